The van der Waals surface area contributed by atoms with Crippen molar-refractivity contribution in [1.82, 2.24) is 15.8 Å². The molecule has 1 aromatic carbocycles. The molecule has 1 heterocycles. The van der Waals surface area contributed by atoms with Gasteiger partial charge in [0.05, 0.1) is 11.1 Å². The summed E-state index contributed by atoms with van der Waals surface area (Å²) in [6, 6.07) is 4.76. The fourth-order valence-corrected chi connectivity index (χ4v) is 2.14. The molecular weight excluding hydrogens is 414 g/mol. The van der Waals surface area contributed by atoms with Crippen LogP contribution in [0.4, 0.5) is 13.2 Å². The Morgan fingerprint density at radius 2 is 1.81 bits per heavy atom. The van der Waals surface area contributed by atoms with E-state index in [2.05, 4.69) is 9.72 Å². The lowest BCUT2D eigenvalue weighted by atomic mass is 10.2. The van der Waals surface area contributed by atoms with Crippen LogP contribution < -0.4 is 15.6 Å². The zero-order chi connectivity index (χ0) is 20.2. The van der Waals surface area contributed by atoms with Gasteiger partial charge in [-0.05, 0) is 24.3 Å². The van der Waals surface area contributed by atoms with Crippen LogP contribution >= 0.6 is 23.2 Å². The number of hydrogen-bond donors (Lipinski definition) is 3. The molecule has 0 aliphatic carbocycles. The molecule has 7 nitrogen and oxygen atoms in total. The monoisotopic (exact) mass is 423 g/mol. The fraction of sp³-hybridized carbons (Fsp3) is 0.133. The van der Waals surface area contributed by atoms with Gasteiger partial charge in [0.1, 0.15) is 10.8 Å². The molecule has 12 heteroatoms. The number of benzene rings is 1. The van der Waals surface area contributed by atoms with Crippen LogP contribution in [0.3, 0.4) is 0 Å². The molecule has 27 heavy (non-hydrogen) atoms. The molecule has 0 aliphatic rings. The lowest BCUT2D eigenvalue weighted by Crippen LogP contribution is -2.41. The number of phenols is 1. The van der Waals surface area contributed by atoms with Crippen LogP contribution in [0, 0.1) is 0 Å². The highest BCUT2D eigenvalue weighted by atomic mass is 35.5. The Balaban J connectivity index is 2.00. The number of aromatic hydroxyl groups is 1. The first-order chi connectivity index (χ1) is 12.6. The highest BCUT2D eigenvalue weighted by Gasteiger charge is 2.29. The van der Waals surface area contributed by atoms with Crippen molar-refractivity contribution in [1.29, 1.82) is 0 Å². The number of amides is 2. The Kier molecular flexibility index (Phi) is 6.34. The first-order valence-corrected chi connectivity index (χ1v) is 7.76. The van der Waals surface area contributed by atoms with Crippen LogP contribution in [0.15, 0.2) is 30.5 Å². The van der Waals surface area contributed by atoms with Gasteiger partial charge in [-0.2, -0.15) is 13.2 Å². The number of nitrogens with one attached hydrogen (secondary N) is 2. The Labute approximate surface area is 160 Å². The summed E-state index contributed by atoms with van der Waals surface area (Å²) in [6.45, 7) is -1.59. The molecule has 2 rings (SSSR count). The fourth-order valence-electron chi connectivity index (χ4n) is 1.75. The van der Waals surface area contributed by atoms with E-state index in [1.807, 2.05) is 10.9 Å². The molecule has 0 spiro atoms. The van der Waals surface area contributed by atoms with Crippen molar-refractivity contribution in [3.63, 3.8) is 0 Å². The molecule has 0 atom stereocenters. The first kappa shape index (κ1) is 20.6. The van der Waals surface area contributed by atoms with Gasteiger partial charge in [0.2, 0.25) is 5.88 Å². The van der Waals surface area contributed by atoms with E-state index in [0.717, 1.165) is 12.3 Å². The maximum atomic E-state index is 12.1. The summed E-state index contributed by atoms with van der Waals surface area (Å²) in [5, 5.41) is 9.47. The summed E-state index contributed by atoms with van der Waals surface area (Å²) in [7, 11) is 0. The molecule has 3 N–H and O–H groups in total. The molecule has 144 valence electrons. The van der Waals surface area contributed by atoms with Crippen molar-refractivity contribution in [3.8, 4) is 11.6 Å². The lowest BCUT2D eigenvalue weighted by Gasteiger charge is -2.11. The summed E-state index contributed by atoms with van der Waals surface area (Å²) in [5.74, 6) is -2.57. The van der Waals surface area contributed by atoms with Crippen LogP contribution in [0.2, 0.25) is 10.0 Å². The average Bonchev–Trinajstić information content (AvgIpc) is 2.59. The highest BCUT2D eigenvalue weighted by molar-refractivity contribution is 6.32. The number of hydrogen-bond acceptors (Lipinski definition) is 5. The number of phenolic OH excluding ortho intramolecular Hbond substituents is 1. The predicted octanol–water partition coefficient (Wildman–Crippen LogP) is 3.11. The first-order valence-electron chi connectivity index (χ1n) is 7.01. The smallest absolute Gasteiger partial charge is 0.422 e. The zero-order valence-electron chi connectivity index (χ0n) is 13.1. The average molecular weight is 424 g/mol. The normalized spacial score (nSPS) is 11.0. The number of nitrogens with zero attached hydrogens (tertiary/aromatic N) is 1. The van der Waals surface area contributed by atoms with E-state index < -0.39 is 30.5 Å². The second kappa shape index (κ2) is 8.31. The summed E-state index contributed by atoms with van der Waals surface area (Å²) >= 11 is 11.5. The van der Waals surface area contributed by atoms with Crippen LogP contribution in [-0.2, 0) is 0 Å². The van der Waals surface area contributed by atoms with E-state index in [0.29, 0.717) is 0 Å². The van der Waals surface area contributed by atoms with E-state index >= 15 is 0 Å². The van der Waals surface area contributed by atoms with E-state index in [9.17, 15) is 27.9 Å². The number of pyridine rings is 1. The second-order valence-corrected chi connectivity index (χ2v) is 5.83. The summed E-state index contributed by atoms with van der Waals surface area (Å²) in [4.78, 5) is 27.4. The van der Waals surface area contributed by atoms with Crippen LogP contribution in [0.1, 0.15) is 20.7 Å². The molecule has 0 radical (unpaired) electrons. The molecule has 0 unspecified atom stereocenters. The number of hydrazine groups is 1. The Hall–Kier alpha value is -2.72. The van der Waals surface area contributed by atoms with Crippen LogP contribution in [0.25, 0.3) is 0 Å². The van der Waals surface area contributed by atoms with Gasteiger partial charge in [0, 0.05) is 11.2 Å². The van der Waals surface area contributed by atoms with Crippen molar-refractivity contribution >= 4 is 35.0 Å². The molecule has 1 aromatic heterocycles. The quantitative estimate of drug-likeness (QED) is 0.655. The van der Waals surface area contributed by atoms with E-state index in [-0.39, 0.29) is 26.9 Å². The lowest BCUT2D eigenvalue weighted by molar-refractivity contribution is -0.154. The third-order valence-corrected chi connectivity index (χ3v) is 3.44. The third kappa shape index (κ3) is 5.90. The molecule has 0 saturated heterocycles. The number of ether oxygens (including phenoxy) is 1. The van der Waals surface area contributed by atoms with Gasteiger partial charge in [-0.25, -0.2) is 4.98 Å². The molecule has 0 bridgehead atoms. The number of carbonyl (C=O) groups is 2. The third-order valence-electron chi connectivity index (χ3n) is 2.93. The minimum atomic E-state index is -4.57. The topological polar surface area (TPSA) is 101 Å². The Morgan fingerprint density at radius 3 is 2.44 bits per heavy atom. The van der Waals surface area contributed by atoms with Gasteiger partial charge in [0.15, 0.2) is 6.61 Å². The SMILES string of the molecule is O=C(NNC(=O)c1cc(Cl)ccc1O)c1cnc(OCC(F)(F)F)c(Cl)c1. The number of carbonyl (C=O) groups excluding carboxylic acids is 2. The van der Waals surface area contributed by atoms with Crippen molar-refractivity contribution in [2.24, 2.45) is 0 Å². The maximum absolute atomic E-state index is 12.1. The van der Waals surface area contributed by atoms with Gasteiger partial charge in [-0.15, -0.1) is 0 Å². The molecule has 0 aliphatic heterocycles. The minimum Gasteiger partial charge on any atom is -0.507 e. The van der Waals surface area contributed by atoms with Crippen molar-refractivity contribution < 1.29 is 32.6 Å². The summed E-state index contributed by atoms with van der Waals surface area (Å²) in [6.07, 6.45) is -3.66. The van der Waals surface area contributed by atoms with Gasteiger partial charge >= 0.3 is 6.18 Å². The van der Waals surface area contributed by atoms with E-state index in [1.54, 1.807) is 0 Å². The molecule has 2 aromatic rings. The number of halogens is 5. The van der Waals surface area contributed by atoms with Crippen molar-refractivity contribution in [2.75, 3.05) is 6.61 Å². The van der Waals surface area contributed by atoms with Crippen molar-refractivity contribution in [2.45, 2.75) is 6.18 Å². The van der Waals surface area contributed by atoms with Gasteiger partial charge in [-0.3, -0.25) is 20.4 Å². The molecule has 0 fully saturated rings. The van der Waals surface area contributed by atoms with Crippen LogP contribution in [0.5, 0.6) is 11.6 Å². The molecule has 2 amide bonds. The molecule has 0 saturated carbocycles. The summed E-state index contributed by atoms with van der Waals surface area (Å²) < 4.78 is 40.8. The second-order valence-electron chi connectivity index (χ2n) is 4.98. The van der Waals surface area contributed by atoms with E-state index in [4.69, 9.17) is 23.2 Å². The van der Waals surface area contributed by atoms with Gasteiger partial charge in [0.25, 0.3) is 11.8 Å². The summed E-state index contributed by atoms with van der Waals surface area (Å²) in [5.41, 5.74) is 3.73. The predicted molar refractivity (Wildman–Crippen MR) is 88.8 cm³/mol. The van der Waals surface area contributed by atoms with Gasteiger partial charge < -0.3 is 9.84 Å². The number of aromatic nitrogens is 1. The standard InChI is InChI=1S/C15H10Cl2F3N3O4/c16-8-1-2-11(24)9(4-8)13(26)23-22-12(25)7-3-10(17)14(21-5-7)27-6-15(18,19)20/h1-5,24H,6H2,(H,22,25)(H,23,26). The van der Waals surface area contributed by atoms with Crippen molar-refractivity contribution in [3.05, 3.63) is 51.6 Å². The van der Waals surface area contributed by atoms with Crippen LogP contribution in [-0.4, -0.2) is 34.7 Å². The highest BCUT2D eigenvalue weighted by Crippen LogP contribution is 2.25. The zero-order valence-corrected chi connectivity index (χ0v) is 14.6. The maximum Gasteiger partial charge on any atom is 0.422 e. The van der Waals surface area contributed by atoms with Gasteiger partial charge in [-0.1, -0.05) is 23.2 Å². The molecular formula is C15H10Cl2F3N3O4. The number of alkyl halides is 3. The minimum absolute atomic E-state index is 0.157. The number of rotatable bonds is 4. The van der Waals surface area contributed by atoms with E-state index in [1.165, 1.54) is 18.2 Å². The largest absolute Gasteiger partial charge is 0.507 e. The Bertz CT molecular complexity index is 878. The Morgan fingerprint density at radius 1 is 1.15 bits per heavy atom.